The smallest absolute Gasteiger partial charge is 0.278 e. The van der Waals surface area contributed by atoms with E-state index in [0.717, 1.165) is 17.1 Å². The number of carbonyl (C=O) groups excluding carboxylic acids is 1. The Bertz CT molecular complexity index is 882. The third-order valence-electron chi connectivity index (χ3n) is 3.77. The van der Waals surface area contributed by atoms with Crippen LogP contribution >= 0.6 is 11.3 Å². The molecule has 1 aliphatic heterocycles. The number of rotatable bonds is 4. The molecule has 0 aromatic carbocycles. The summed E-state index contributed by atoms with van der Waals surface area (Å²) in [6.07, 6.45) is 1.18. The summed E-state index contributed by atoms with van der Waals surface area (Å²) in [4.78, 5) is 12.5. The predicted molar refractivity (Wildman–Crippen MR) is 90.8 cm³/mol. The SMILES string of the molecule is CC(C)Cc1nnc(NC(=O)c2nn(C)c3c2CS(=O)(=O)CC3)s1. The van der Waals surface area contributed by atoms with Crippen molar-refractivity contribution in [2.45, 2.75) is 32.4 Å². The molecule has 130 valence electrons. The highest BCUT2D eigenvalue weighted by atomic mass is 32.2. The zero-order chi connectivity index (χ0) is 17.5. The molecule has 0 spiro atoms. The van der Waals surface area contributed by atoms with Crippen LogP contribution < -0.4 is 5.32 Å². The number of carbonyl (C=O) groups is 1. The predicted octanol–water partition coefficient (Wildman–Crippen LogP) is 1.19. The van der Waals surface area contributed by atoms with E-state index >= 15 is 0 Å². The minimum absolute atomic E-state index is 0.0928. The largest absolute Gasteiger partial charge is 0.295 e. The lowest BCUT2D eigenvalue weighted by atomic mass is 10.1. The van der Waals surface area contributed by atoms with Crippen LogP contribution in [-0.2, 0) is 35.5 Å². The highest BCUT2D eigenvalue weighted by Gasteiger charge is 2.30. The number of hydrogen-bond donors (Lipinski definition) is 1. The van der Waals surface area contributed by atoms with Crippen LogP contribution in [-0.4, -0.2) is 40.1 Å². The fourth-order valence-electron chi connectivity index (χ4n) is 2.69. The van der Waals surface area contributed by atoms with Crippen LogP contribution in [0.1, 0.15) is 40.6 Å². The van der Waals surface area contributed by atoms with Gasteiger partial charge in [-0.3, -0.25) is 14.8 Å². The number of nitrogens with one attached hydrogen (secondary N) is 1. The molecule has 0 unspecified atom stereocenters. The summed E-state index contributed by atoms with van der Waals surface area (Å²) in [5.41, 5.74) is 1.44. The number of amides is 1. The molecule has 3 heterocycles. The van der Waals surface area contributed by atoms with Gasteiger partial charge in [0.2, 0.25) is 5.13 Å². The van der Waals surface area contributed by atoms with Gasteiger partial charge >= 0.3 is 0 Å². The third-order valence-corrected chi connectivity index (χ3v) is 6.19. The van der Waals surface area contributed by atoms with Gasteiger partial charge in [-0.2, -0.15) is 5.10 Å². The van der Waals surface area contributed by atoms with Gasteiger partial charge in [0.15, 0.2) is 15.5 Å². The molecule has 0 bridgehead atoms. The van der Waals surface area contributed by atoms with E-state index in [2.05, 4.69) is 34.5 Å². The Labute approximate surface area is 144 Å². The normalized spacial score (nSPS) is 16.2. The van der Waals surface area contributed by atoms with Crippen molar-refractivity contribution in [2.24, 2.45) is 13.0 Å². The van der Waals surface area contributed by atoms with E-state index < -0.39 is 15.7 Å². The molecule has 1 amide bonds. The van der Waals surface area contributed by atoms with Crippen LogP contribution in [0.2, 0.25) is 0 Å². The lowest BCUT2D eigenvalue weighted by Crippen LogP contribution is -2.22. The molecule has 10 heteroatoms. The summed E-state index contributed by atoms with van der Waals surface area (Å²) < 4.78 is 25.3. The molecule has 8 nitrogen and oxygen atoms in total. The van der Waals surface area contributed by atoms with Crippen LogP contribution in [0.3, 0.4) is 0 Å². The first-order chi connectivity index (χ1) is 11.2. The molecule has 0 saturated carbocycles. The summed E-state index contributed by atoms with van der Waals surface area (Å²) in [7, 11) is -1.46. The number of hydrogen-bond acceptors (Lipinski definition) is 7. The summed E-state index contributed by atoms with van der Waals surface area (Å²) in [6, 6.07) is 0. The van der Waals surface area contributed by atoms with E-state index in [4.69, 9.17) is 0 Å². The van der Waals surface area contributed by atoms with Gasteiger partial charge in [-0.1, -0.05) is 25.2 Å². The first kappa shape index (κ1) is 17.0. The minimum atomic E-state index is -3.18. The Kier molecular flexibility index (Phi) is 4.43. The van der Waals surface area contributed by atoms with Crippen molar-refractivity contribution >= 4 is 32.2 Å². The van der Waals surface area contributed by atoms with Crippen LogP contribution in [0.5, 0.6) is 0 Å². The van der Waals surface area contributed by atoms with Crippen molar-refractivity contribution in [3.63, 3.8) is 0 Å². The van der Waals surface area contributed by atoms with Gasteiger partial charge in [0.05, 0.1) is 11.5 Å². The first-order valence-corrected chi connectivity index (χ1v) is 10.3. The lowest BCUT2D eigenvalue weighted by Gasteiger charge is -2.13. The molecule has 0 saturated heterocycles. The van der Waals surface area contributed by atoms with Gasteiger partial charge in [0, 0.05) is 31.1 Å². The molecule has 1 aliphatic rings. The maximum Gasteiger partial charge on any atom is 0.278 e. The van der Waals surface area contributed by atoms with Gasteiger partial charge in [-0.25, -0.2) is 8.42 Å². The number of sulfone groups is 1. The van der Waals surface area contributed by atoms with E-state index in [1.165, 1.54) is 11.3 Å². The monoisotopic (exact) mass is 369 g/mol. The van der Waals surface area contributed by atoms with Crippen LogP contribution in [0.25, 0.3) is 0 Å². The average molecular weight is 369 g/mol. The fraction of sp³-hybridized carbons (Fsp3) is 0.571. The first-order valence-electron chi connectivity index (χ1n) is 7.64. The second-order valence-electron chi connectivity index (χ2n) is 6.29. The standard InChI is InChI=1S/C14H19N5O3S2/c1-8(2)6-11-16-17-14(23-11)15-13(20)12-9-7-24(21,22)5-4-10(9)19(3)18-12/h8H,4-7H2,1-3H3,(H,15,17,20). The molecule has 0 fully saturated rings. The van der Waals surface area contributed by atoms with Crippen molar-refractivity contribution in [2.75, 3.05) is 11.1 Å². The highest BCUT2D eigenvalue weighted by Crippen LogP contribution is 2.25. The maximum absolute atomic E-state index is 12.5. The number of aromatic nitrogens is 4. The van der Waals surface area contributed by atoms with Crippen molar-refractivity contribution in [1.82, 2.24) is 20.0 Å². The quantitative estimate of drug-likeness (QED) is 0.868. The second kappa shape index (κ2) is 6.25. The molecule has 24 heavy (non-hydrogen) atoms. The molecule has 0 atom stereocenters. The van der Waals surface area contributed by atoms with Crippen LogP contribution in [0.15, 0.2) is 0 Å². The minimum Gasteiger partial charge on any atom is -0.295 e. The number of anilines is 1. The molecule has 2 aromatic rings. The maximum atomic E-state index is 12.5. The van der Waals surface area contributed by atoms with Gasteiger partial charge in [0.1, 0.15) is 5.01 Å². The molecule has 0 aliphatic carbocycles. The Morgan fingerprint density at radius 1 is 1.38 bits per heavy atom. The average Bonchev–Trinajstić information content (AvgIpc) is 3.02. The molecule has 0 radical (unpaired) electrons. The topological polar surface area (TPSA) is 107 Å². The third kappa shape index (κ3) is 3.48. The Balaban J connectivity index is 1.82. The van der Waals surface area contributed by atoms with E-state index in [0.29, 0.717) is 23.0 Å². The molecule has 3 rings (SSSR count). The van der Waals surface area contributed by atoms with Gasteiger partial charge < -0.3 is 0 Å². The van der Waals surface area contributed by atoms with E-state index in [9.17, 15) is 13.2 Å². The molecule has 1 N–H and O–H groups in total. The summed E-state index contributed by atoms with van der Waals surface area (Å²) in [6.45, 7) is 4.17. The van der Waals surface area contributed by atoms with Gasteiger partial charge in [0.25, 0.3) is 5.91 Å². The Hall–Kier alpha value is -1.81. The zero-order valence-electron chi connectivity index (χ0n) is 13.7. The van der Waals surface area contributed by atoms with Gasteiger partial charge in [-0.05, 0) is 5.92 Å². The Morgan fingerprint density at radius 3 is 2.83 bits per heavy atom. The lowest BCUT2D eigenvalue weighted by molar-refractivity contribution is 0.102. The van der Waals surface area contributed by atoms with Crippen LogP contribution in [0, 0.1) is 5.92 Å². The van der Waals surface area contributed by atoms with Crippen molar-refractivity contribution in [3.05, 3.63) is 22.0 Å². The van der Waals surface area contributed by atoms with Gasteiger partial charge in [-0.15, -0.1) is 10.2 Å². The van der Waals surface area contributed by atoms with E-state index in [1.807, 2.05) is 0 Å². The molecular formula is C14H19N5O3S2. The summed E-state index contributed by atoms with van der Waals surface area (Å²) in [5.74, 6) is -0.0471. The summed E-state index contributed by atoms with van der Waals surface area (Å²) in [5, 5.41) is 16.2. The summed E-state index contributed by atoms with van der Waals surface area (Å²) >= 11 is 1.32. The fourth-order valence-corrected chi connectivity index (χ4v) is 5.02. The highest BCUT2D eigenvalue weighted by molar-refractivity contribution is 7.90. The van der Waals surface area contributed by atoms with E-state index in [1.54, 1.807) is 11.7 Å². The number of fused-ring (bicyclic) bond motifs is 1. The number of aryl methyl sites for hydroxylation is 1. The molecular weight excluding hydrogens is 350 g/mol. The van der Waals surface area contributed by atoms with Crippen molar-refractivity contribution in [3.8, 4) is 0 Å². The number of nitrogens with zero attached hydrogens (tertiary/aromatic N) is 4. The zero-order valence-corrected chi connectivity index (χ0v) is 15.4. The van der Waals surface area contributed by atoms with Crippen molar-refractivity contribution < 1.29 is 13.2 Å². The van der Waals surface area contributed by atoms with Crippen LogP contribution in [0.4, 0.5) is 5.13 Å². The molecule has 2 aromatic heterocycles. The van der Waals surface area contributed by atoms with E-state index in [-0.39, 0.29) is 17.2 Å². The van der Waals surface area contributed by atoms with Crippen molar-refractivity contribution in [1.29, 1.82) is 0 Å². The Morgan fingerprint density at radius 2 is 2.12 bits per heavy atom. The second-order valence-corrected chi connectivity index (χ2v) is 9.54.